The van der Waals surface area contributed by atoms with Crippen molar-refractivity contribution in [3.63, 3.8) is 0 Å². The highest BCUT2D eigenvalue weighted by atomic mass is 16.6. The zero-order chi connectivity index (χ0) is 23.2. The second-order valence-electron chi connectivity index (χ2n) is 8.09. The van der Waals surface area contributed by atoms with E-state index in [1.807, 2.05) is 59.2 Å². The van der Waals surface area contributed by atoms with Crippen molar-refractivity contribution in [1.82, 2.24) is 14.4 Å². The minimum absolute atomic E-state index is 0.00876. The van der Waals surface area contributed by atoms with Crippen molar-refractivity contribution < 1.29 is 14.7 Å². The number of nitrogens with zero attached hydrogens (tertiary/aromatic N) is 6. The summed E-state index contributed by atoms with van der Waals surface area (Å²) in [4.78, 5) is 21.9. The number of likely N-dealkylation sites (N-methyl/N-ethyl adjacent to an activating group) is 1. The van der Waals surface area contributed by atoms with Gasteiger partial charge in [0, 0.05) is 31.6 Å². The number of carbonyl (C=O) groups excluding carboxylic acids is 1. The normalized spacial score (nSPS) is 16.0. The molecule has 33 heavy (non-hydrogen) atoms. The molecule has 0 aliphatic carbocycles. The first kappa shape index (κ1) is 22.6. The molecule has 0 radical (unpaired) electrons. The number of piperazine rings is 1. The maximum atomic E-state index is 12.2. The van der Waals surface area contributed by atoms with Crippen LogP contribution in [0.25, 0.3) is 10.9 Å². The molecule has 2 aromatic carbocycles. The van der Waals surface area contributed by atoms with Gasteiger partial charge in [-0.25, -0.2) is 0 Å². The van der Waals surface area contributed by atoms with Crippen LogP contribution in [0.4, 0.5) is 5.69 Å². The molecule has 1 aromatic heterocycles. The van der Waals surface area contributed by atoms with Gasteiger partial charge in [-0.2, -0.15) is 0 Å². The molecule has 1 N–H and O–H groups in total. The quantitative estimate of drug-likeness (QED) is 0.339. The summed E-state index contributed by atoms with van der Waals surface area (Å²) in [6.45, 7) is 5.79. The lowest BCUT2D eigenvalue weighted by molar-refractivity contribution is -0.122. The summed E-state index contributed by atoms with van der Waals surface area (Å²) >= 11 is 0. The van der Waals surface area contributed by atoms with E-state index < -0.39 is 5.91 Å². The number of azo groups is 1. The molecule has 1 aliphatic heterocycles. The molecule has 0 atom stereocenters. The number of fused-ring (bicyclic) bond motifs is 1. The van der Waals surface area contributed by atoms with Crippen LogP contribution in [-0.2, 0) is 16.3 Å². The van der Waals surface area contributed by atoms with Gasteiger partial charge in [0.05, 0.1) is 17.9 Å². The third-order valence-corrected chi connectivity index (χ3v) is 5.70. The molecule has 9 heteroatoms. The second-order valence-corrected chi connectivity index (χ2v) is 8.09. The van der Waals surface area contributed by atoms with Gasteiger partial charge in [-0.3, -0.25) is 14.3 Å². The zero-order valence-electron chi connectivity index (χ0n) is 18.9. The summed E-state index contributed by atoms with van der Waals surface area (Å²) in [5, 5.41) is 23.4. The van der Waals surface area contributed by atoms with Crippen molar-refractivity contribution in [3.05, 3.63) is 60.2 Å². The van der Waals surface area contributed by atoms with Crippen molar-refractivity contribution in [2.45, 2.75) is 13.6 Å². The summed E-state index contributed by atoms with van der Waals surface area (Å²) in [5.41, 5.74) is 2.68. The van der Waals surface area contributed by atoms with Gasteiger partial charge in [-0.15, -0.1) is 10.2 Å². The highest BCUT2D eigenvalue weighted by Gasteiger charge is 2.20. The first-order chi connectivity index (χ1) is 16.0. The maximum absolute atomic E-state index is 12.2. The molecule has 0 saturated carbocycles. The fourth-order valence-electron chi connectivity index (χ4n) is 3.75. The molecule has 0 spiro atoms. The van der Waals surface area contributed by atoms with Crippen LogP contribution >= 0.6 is 0 Å². The predicted octanol–water partition coefficient (Wildman–Crippen LogP) is 3.60. The van der Waals surface area contributed by atoms with E-state index in [0.29, 0.717) is 12.4 Å². The number of hydrogen-bond donors (Lipinski definition) is 1. The molecule has 172 valence electrons. The molecule has 1 aliphatic rings. The van der Waals surface area contributed by atoms with Gasteiger partial charge in [0.1, 0.15) is 0 Å². The fourth-order valence-corrected chi connectivity index (χ4v) is 3.75. The van der Waals surface area contributed by atoms with Gasteiger partial charge < -0.3 is 14.8 Å². The number of aromatic hydroxyl groups is 1. The van der Waals surface area contributed by atoms with Gasteiger partial charge in [0.15, 0.2) is 12.3 Å². The van der Waals surface area contributed by atoms with Crippen molar-refractivity contribution in [3.8, 4) is 5.88 Å². The Morgan fingerprint density at radius 2 is 1.73 bits per heavy atom. The Morgan fingerprint density at radius 1 is 1.03 bits per heavy atom. The standard InChI is InChI=1S/C24H28N6O3/c1-18(19-8-4-3-5-9-19)27-33-16-22(31)25-26-23-20-10-6-7-11-21(20)30(24(23)32)17-29-14-12-28(2)13-15-29/h3-11,32H,12-17H2,1-2H3/b26-25?,27-18+. The Morgan fingerprint density at radius 3 is 2.48 bits per heavy atom. The molecule has 3 aromatic rings. The summed E-state index contributed by atoms with van der Waals surface area (Å²) in [5.74, 6) is -0.597. The predicted molar refractivity (Wildman–Crippen MR) is 127 cm³/mol. The lowest BCUT2D eigenvalue weighted by Gasteiger charge is -2.32. The Bertz CT molecular complexity index is 1160. The fraction of sp³-hybridized carbons (Fsp3) is 0.333. The van der Waals surface area contributed by atoms with Crippen LogP contribution in [-0.4, -0.2) is 70.9 Å². The largest absolute Gasteiger partial charge is 0.493 e. The van der Waals surface area contributed by atoms with Crippen LogP contribution in [0.2, 0.25) is 0 Å². The van der Waals surface area contributed by atoms with E-state index in [1.165, 1.54) is 0 Å². The zero-order valence-corrected chi connectivity index (χ0v) is 18.9. The molecule has 1 fully saturated rings. The molecular formula is C24H28N6O3. The molecule has 1 saturated heterocycles. The van der Waals surface area contributed by atoms with E-state index in [2.05, 4.69) is 32.2 Å². The number of hydrogen-bond acceptors (Lipinski definition) is 7. The van der Waals surface area contributed by atoms with E-state index in [-0.39, 0.29) is 18.2 Å². The first-order valence-corrected chi connectivity index (χ1v) is 10.9. The number of rotatable bonds is 7. The Kier molecular flexibility index (Phi) is 7.11. The number of aromatic nitrogens is 1. The Hall–Kier alpha value is -3.56. The van der Waals surface area contributed by atoms with Crippen molar-refractivity contribution in [2.75, 3.05) is 39.8 Å². The van der Waals surface area contributed by atoms with E-state index >= 15 is 0 Å². The van der Waals surface area contributed by atoms with Gasteiger partial charge >= 0.3 is 5.91 Å². The molecular weight excluding hydrogens is 420 g/mol. The summed E-state index contributed by atoms with van der Waals surface area (Å²) in [6, 6.07) is 17.1. The van der Waals surface area contributed by atoms with Gasteiger partial charge in [0.25, 0.3) is 0 Å². The van der Waals surface area contributed by atoms with Crippen molar-refractivity contribution >= 4 is 28.2 Å². The Balaban J connectivity index is 1.45. The van der Waals surface area contributed by atoms with Gasteiger partial charge in [-0.1, -0.05) is 53.7 Å². The van der Waals surface area contributed by atoms with Crippen LogP contribution in [0.5, 0.6) is 5.88 Å². The van der Waals surface area contributed by atoms with Crippen molar-refractivity contribution in [1.29, 1.82) is 0 Å². The van der Waals surface area contributed by atoms with Crippen LogP contribution in [0, 0.1) is 0 Å². The second kappa shape index (κ2) is 10.4. The highest BCUT2D eigenvalue weighted by molar-refractivity contribution is 5.98. The SMILES string of the molecule is C/C(=N\OCC(=O)N=Nc1c(O)n(CN2CCN(C)CC2)c2ccccc12)c1ccccc1. The number of para-hydroxylation sites is 1. The van der Waals surface area contributed by atoms with Crippen LogP contribution < -0.4 is 0 Å². The third-order valence-electron chi connectivity index (χ3n) is 5.70. The van der Waals surface area contributed by atoms with Crippen LogP contribution in [0.3, 0.4) is 0 Å². The first-order valence-electron chi connectivity index (χ1n) is 10.9. The number of carbonyl (C=O) groups is 1. The molecule has 9 nitrogen and oxygen atoms in total. The van der Waals surface area contributed by atoms with Gasteiger partial charge in [0.2, 0.25) is 5.88 Å². The lowest BCUT2D eigenvalue weighted by atomic mass is 10.1. The average molecular weight is 449 g/mol. The molecule has 1 amide bonds. The minimum atomic E-state index is -0.588. The summed E-state index contributed by atoms with van der Waals surface area (Å²) < 4.78 is 1.81. The molecule has 0 unspecified atom stereocenters. The summed E-state index contributed by atoms with van der Waals surface area (Å²) in [6.07, 6.45) is 0. The van der Waals surface area contributed by atoms with Gasteiger partial charge in [-0.05, 0) is 25.6 Å². The smallest absolute Gasteiger partial charge is 0.304 e. The maximum Gasteiger partial charge on any atom is 0.304 e. The number of oxime groups is 1. The van der Waals surface area contributed by atoms with Crippen LogP contribution in [0.15, 0.2) is 70.0 Å². The topological polar surface area (TPSA) is 95.0 Å². The van der Waals surface area contributed by atoms with E-state index in [4.69, 9.17) is 4.84 Å². The Labute approximate surface area is 192 Å². The van der Waals surface area contributed by atoms with E-state index in [1.54, 1.807) is 6.92 Å². The highest BCUT2D eigenvalue weighted by Crippen LogP contribution is 2.39. The molecule has 0 bridgehead atoms. The minimum Gasteiger partial charge on any atom is -0.493 e. The monoisotopic (exact) mass is 448 g/mol. The van der Waals surface area contributed by atoms with Crippen molar-refractivity contribution in [2.24, 2.45) is 15.4 Å². The van der Waals surface area contributed by atoms with Crippen LogP contribution in [0.1, 0.15) is 12.5 Å². The number of amides is 1. The average Bonchev–Trinajstić information content (AvgIpc) is 3.10. The lowest BCUT2D eigenvalue weighted by Crippen LogP contribution is -2.44. The number of benzene rings is 2. The summed E-state index contributed by atoms with van der Waals surface area (Å²) in [7, 11) is 2.10. The van der Waals surface area contributed by atoms with E-state index in [0.717, 1.165) is 42.6 Å². The third kappa shape index (κ3) is 5.44. The van der Waals surface area contributed by atoms with E-state index in [9.17, 15) is 9.90 Å². The molecule has 4 rings (SSSR count). The molecule has 2 heterocycles.